The first-order valence-corrected chi connectivity index (χ1v) is 9.75. The summed E-state index contributed by atoms with van der Waals surface area (Å²) in [6.45, 7) is 1.74. The molecule has 1 aromatic rings. The van der Waals surface area contributed by atoms with Crippen molar-refractivity contribution >= 4 is 29.6 Å². The van der Waals surface area contributed by atoms with Gasteiger partial charge in [-0.1, -0.05) is 0 Å². The lowest BCUT2D eigenvalue weighted by atomic mass is 10.1. The first-order valence-electron chi connectivity index (χ1n) is 9.75. The van der Waals surface area contributed by atoms with E-state index in [4.69, 9.17) is 16.6 Å². The highest BCUT2D eigenvalue weighted by Gasteiger charge is 2.38. The number of aromatic nitrogens is 2. The van der Waals surface area contributed by atoms with Crippen molar-refractivity contribution in [1.82, 2.24) is 25.5 Å². The van der Waals surface area contributed by atoms with Crippen molar-refractivity contribution in [3.8, 4) is 0 Å². The van der Waals surface area contributed by atoms with Crippen LogP contribution in [0.3, 0.4) is 0 Å². The van der Waals surface area contributed by atoms with Gasteiger partial charge in [-0.3, -0.25) is 19.2 Å². The van der Waals surface area contributed by atoms with Gasteiger partial charge in [0.2, 0.25) is 23.6 Å². The van der Waals surface area contributed by atoms with E-state index in [9.17, 15) is 24.0 Å². The number of primary amides is 1. The smallest absolute Gasteiger partial charge is 0.326 e. The SMILES string of the molecule is CC(NC(=O)C(N)Cc1cnc[nH]1)C(=O)N1CCCC1C(=O)NC(CC(N)=O)C(=O)O. The Balaban J connectivity index is 1.96. The number of hydrogen-bond acceptors (Lipinski definition) is 7. The number of amides is 4. The quantitative estimate of drug-likeness (QED) is 0.225. The van der Waals surface area contributed by atoms with Gasteiger partial charge in [0.1, 0.15) is 18.1 Å². The summed E-state index contributed by atoms with van der Waals surface area (Å²) in [4.78, 5) is 67.9. The van der Waals surface area contributed by atoms with Gasteiger partial charge in [-0.05, 0) is 19.8 Å². The zero-order valence-electron chi connectivity index (χ0n) is 17.0. The predicted octanol–water partition coefficient (Wildman–Crippen LogP) is -2.78. The van der Waals surface area contributed by atoms with Gasteiger partial charge >= 0.3 is 5.97 Å². The summed E-state index contributed by atoms with van der Waals surface area (Å²) in [5.74, 6) is -4.02. The van der Waals surface area contributed by atoms with Crippen LogP contribution in [0.15, 0.2) is 12.5 Å². The highest BCUT2D eigenvalue weighted by atomic mass is 16.4. The van der Waals surface area contributed by atoms with Crippen LogP contribution in [-0.4, -0.2) is 80.3 Å². The lowest BCUT2D eigenvalue weighted by molar-refractivity contribution is -0.145. The Morgan fingerprint density at radius 3 is 2.61 bits per heavy atom. The summed E-state index contributed by atoms with van der Waals surface area (Å²) in [5, 5.41) is 13.9. The van der Waals surface area contributed by atoms with Gasteiger partial charge in [-0.2, -0.15) is 0 Å². The lowest BCUT2D eigenvalue weighted by Gasteiger charge is -2.28. The molecule has 1 aliphatic heterocycles. The minimum atomic E-state index is -1.49. The largest absolute Gasteiger partial charge is 0.480 e. The van der Waals surface area contributed by atoms with Crippen LogP contribution in [0.1, 0.15) is 31.9 Å². The maximum absolute atomic E-state index is 12.8. The maximum atomic E-state index is 12.8. The number of hydrogen-bond donors (Lipinski definition) is 6. The molecule has 0 bridgehead atoms. The van der Waals surface area contributed by atoms with Crippen LogP contribution in [0, 0.1) is 0 Å². The number of carboxylic acids is 1. The van der Waals surface area contributed by atoms with Crippen LogP contribution < -0.4 is 22.1 Å². The maximum Gasteiger partial charge on any atom is 0.326 e. The normalized spacial score (nSPS) is 18.6. The van der Waals surface area contributed by atoms with Crippen molar-refractivity contribution in [3.63, 3.8) is 0 Å². The van der Waals surface area contributed by atoms with Gasteiger partial charge in [-0.15, -0.1) is 0 Å². The Kier molecular flexibility index (Phi) is 8.07. The number of nitrogens with two attached hydrogens (primary N) is 2. The number of aliphatic carboxylic acids is 1. The fraction of sp³-hybridized carbons (Fsp3) is 0.556. The van der Waals surface area contributed by atoms with Gasteiger partial charge in [-0.25, -0.2) is 9.78 Å². The number of nitrogens with one attached hydrogen (secondary N) is 3. The van der Waals surface area contributed by atoms with Gasteiger partial charge < -0.3 is 37.1 Å². The first-order chi connectivity index (χ1) is 14.6. The number of aromatic amines is 1. The molecule has 0 aromatic carbocycles. The second-order valence-corrected chi connectivity index (χ2v) is 7.38. The molecule has 1 fully saturated rings. The molecule has 1 aliphatic rings. The van der Waals surface area contributed by atoms with Crippen LogP contribution in [0.4, 0.5) is 0 Å². The van der Waals surface area contributed by atoms with Crippen molar-refractivity contribution < 1.29 is 29.1 Å². The Morgan fingerprint density at radius 2 is 2.03 bits per heavy atom. The molecule has 1 saturated heterocycles. The lowest BCUT2D eigenvalue weighted by Crippen LogP contribution is -2.56. The van der Waals surface area contributed by atoms with Crippen LogP contribution in [0.5, 0.6) is 0 Å². The van der Waals surface area contributed by atoms with E-state index in [1.165, 1.54) is 24.3 Å². The van der Waals surface area contributed by atoms with Crippen molar-refractivity contribution in [1.29, 1.82) is 0 Å². The number of carbonyl (C=O) groups is 5. The molecule has 4 unspecified atom stereocenters. The van der Waals surface area contributed by atoms with E-state index in [0.717, 1.165) is 0 Å². The van der Waals surface area contributed by atoms with Crippen LogP contribution in [0.2, 0.25) is 0 Å². The van der Waals surface area contributed by atoms with Crippen molar-refractivity contribution in [2.24, 2.45) is 11.5 Å². The predicted molar refractivity (Wildman–Crippen MR) is 106 cm³/mol. The fourth-order valence-electron chi connectivity index (χ4n) is 3.33. The van der Waals surface area contributed by atoms with Gasteiger partial charge in [0.25, 0.3) is 0 Å². The topological polar surface area (TPSA) is 214 Å². The summed E-state index contributed by atoms with van der Waals surface area (Å²) in [7, 11) is 0. The molecule has 170 valence electrons. The third-order valence-corrected chi connectivity index (χ3v) is 4.92. The van der Waals surface area contributed by atoms with E-state index < -0.39 is 60.2 Å². The number of rotatable bonds is 10. The zero-order chi connectivity index (χ0) is 23.1. The van der Waals surface area contributed by atoms with Crippen LogP contribution >= 0.6 is 0 Å². The number of likely N-dealkylation sites (tertiary alicyclic amines) is 1. The van der Waals surface area contributed by atoms with Gasteiger partial charge in [0.15, 0.2) is 0 Å². The molecule has 0 spiro atoms. The average Bonchev–Trinajstić information content (AvgIpc) is 3.38. The summed E-state index contributed by atoms with van der Waals surface area (Å²) < 4.78 is 0. The Morgan fingerprint density at radius 1 is 1.32 bits per heavy atom. The molecule has 0 saturated carbocycles. The highest BCUT2D eigenvalue weighted by molar-refractivity contribution is 5.95. The number of H-pyrrole nitrogens is 1. The number of nitrogens with zero attached hydrogens (tertiary/aromatic N) is 2. The minimum Gasteiger partial charge on any atom is -0.480 e. The summed E-state index contributed by atoms with van der Waals surface area (Å²) >= 11 is 0. The van der Waals surface area contributed by atoms with E-state index in [1.54, 1.807) is 0 Å². The molecule has 2 heterocycles. The molecule has 13 heteroatoms. The van der Waals surface area contributed by atoms with Crippen LogP contribution in [0.25, 0.3) is 0 Å². The van der Waals surface area contributed by atoms with E-state index in [-0.39, 0.29) is 13.0 Å². The Hall–Kier alpha value is -3.48. The van der Waals surface area contributed by atoms with Gasteiger partial charge in [0, 0.05) is 24.9 Å². The molecule has 4 amide bonds. The summed E-state index contributed by atoms with van der Waals surface area (Å²) in [6, 6.07) is -4.26. The zero-order valence-corrected chi connectivity index (χ0v) is 17.0. The molecule has 13 nitrogen and oxygen atoms in total. The van der Waals surface area contributed by atoms with E-state index >= 15 is 0 Å². The Labute approximate surface area is 177 Å². The molecule has 0 radical (unpaired) electrons. The summed E-state index contributed by atoms with van der Waals surface area (Å²) in [6.07, 6.45) is 3.49. The molecular formula is C18H27N7O6. The minimum absolute atomic E-state index is 0.206. The highest BCUT2D eigenvalue weighted by Crippen LogP contribution is 2.19. The van der Waals surface area contributed by atoms with E-state index in [1.807, 2.05) is 0 Å². The molecule has 1 aromatic heterocycles. The molecule has 31 heavy (non-hydrogen) atoms. The Bertz CT molecular complexity index is 827. The monoisotopic (exact) mass is 437 g/mol. The van der Waals surface area contributed by atoms with Gasteiger partial charge in [0.05, 0.1) is 18.8 Å². The van der Waals surface area contributed by atoms with E-state index in [0.29, 0.717) is 18.5 Å². The standard InChI is InChI=1S/C18H27N7O6/c1-9(23-15(27)11(19)5-10-7-21-8-22-10)17(29)25-4-2-3-13(25)16(28)24-12(18(30)31)6-14(20)26/h7-9,11-13H,2-6,19H2,1H3,(H2,20,26)(H,21,22)(H,23,27)(H,24,28)(H,30,31). The van der Waals surface area contributed by atoms with Crippen molar-refractivity contribution in [2.45, 2.75) is 56.8 Å². The van der Waals surface area contributed by atoms with Crippen molar-refractivity contribution in [3.05, 3.63) is 18.2 Å². The number of carboxylic acid groups (broad SMARTS) is 1. The summed E-state index contributed by atoms with van der Waals surface area (Å²) in [5.41, 5.74) is 11.5. The fourth-order valence-corrected chi connectivity index (χ4v) is 3.33. The second kappa shape index (κ2) is 10.5. The van der Waals surface area contributed by atoms with Crippen LogP contribution in [-0.2, 0) is 30.4 Å². The third-order valence-electron chi connectivity index (χ3n) is 4.92. The van der Waals surface area contributed by atoms with E-state index in [2.05, 4.69) is 20.6 Å². The molecular weight excluding hydrogens is 410 g/mol. The molecule has 8 N–H and O–H groups in total. The third kappa shape index (κ3) is 6.50. The average molecular weight is 437 g/mol. The number of imidazole rings is 1. The first kappa shape index (κ1) is 23.8. The van der Waals surface area contributed by atoms with Crippen molar-refractivity contribution in [2.75, 3.05) is 6.54 Å². The molecule has 0 aliphatic carbocycles. The molecule has 2 rings (SSSR count). The second-order valence-electron chi connectivity index (χ2n) is 7.38. The number of carbonyl (C=O) groups excluding carboxylic acids is 4. The molecule has 4 atom stereocenters.